The second kappa shape index (κ2) is 8.05. The largest absolute Gasteiger partial charge is 0.493 e. The molecule has 0 bridgehead atoms. The Morgan fingerprint density at radius 2 is 2.26 bits per heavy atom. The average molecular weight is 383 g/mol. The van der Waals surface area contributed by atoms with E-state index in [9.17, 15) is 4.79 Å². The zero-order chi connectivity index (χ0) is 19.4. The molecule has 138 valence electrons. The first kappa shape index (κ1) is 18.7. The molecule has 1 aliphatic heterocycles. The van der Waals surface area contributed by atoms with Gasteiger partial charge in [0.1, 0.15) is 17.3 Å². The highest BCUT2D eigenvalue weighted by molar-refractivity contribution is 6.33. The van der Waals surface area contributed by atoms with Crippen LogP contribution in [-0.4, -0.2) is 23.7 Å². The summed E-state index contributed by atoms with van der Waals surface area (Å²) in [5, 5.41) is 3.31. The number of amides is 1. The maximum atomic E-state index is 12.3. The summed E-state index contributed by atoms with van der Waals surface area (Å²) in [5.41, 5.74) is 8.89. The van der Waals surface area contributed by atoms with E-state index in [0.717, 1.165) is 28.9 Å². The van der Waals surface area contributed by atoms with Gasteiger partial charge in [0, 0.05) is 40.7 Å². The predicted molar refractivity (Wildman–Crippen MR) is 108 cm³/mol. The molecule has 0 saturated heterocycles. The number of nitrogens with one attached hydrogen (secondary N) is 1. The maximum Gasteiger partial charge on any atom is 0.277 e. The van der Waals surface area contributed by atoms with Crippen LogP contribution in [0.3, 0.4) is 0 Å². The number of halogens is 1. The van der Waals surface area contributed by atoms with Gasteiger partial charge in [-0.25, -0.2) is 9.98 Å². The number of allylic oxidation sites excluding steroid dienone is 2. The van der Waals surface area contributed by atoms with E-state index in [1.807, 2.05) is 18.2 Å². The molecule has 0 spiro atoms. The van der Waals surface area contributed by atoms with Gasteiger partial charge in [0.05, 0.1) is 6.61 Å². The molecule has 0 atom stereocenters. The number of carbonyl (C=O) groups is 1. The van der Waals surface area contributed by atoms with Gasteiger partial charge < -0.3 is 15.8 Å². The predicted octanol–water partition coefficient (Wildman–Crippen LogP) is 3.72. The maximum absolute atomic E-state index is 12.3. The van der Waals surface area contributed by atoms with Gasteiger partial charge in [0.15, 0.2) is 0 Å². The van der Waals surface area contributed by atoms with Gasteiger partial charge in [0.25, 0.3) is 5.91 Å². The normalized spacial score (nSPS) is 13.7. The second-order valence-corrected chi connectivity index (χ2v) is 6.38. The lowest BCUT2D eigenvalue weighted by Crippen LogP contribution is -2.17. The molecule has 1 aromatic carbocycles. The molecule has 27 heavy (non-hydrogen) atoms. The number of ether oxygens (including phenoxy) is 1. The van der Waals surface area contributed by atoms with E-state index in [0.29, 0.717) is 23.1 Å². The Morgan fingerprint density at radius 1 is 1.44 bits per heavy atom. The van der Waals surface area contributed by atoms with Crippen LogP contribution in [0.2, 0.25) is 5.02 Å². The number of nitrogens with zero attached hydrogens (tertiary/aromatic N) is 2. The molecule has 6 nitrogen and oxygen atoms in total. The Hall–Kier alpha value is -3.12. The van der Waals surface area contributed by atoms with Gasteiger partial charge in [-0.3, -0.25) is 4.79 Å². The molecule has 0 saturated carbocycles. The van der Waals surface area contributed by atoms with Crippen LogP contribution < -0.4 is 15.8 Å². The van der Waals surface area contributed by atoms with Crippen molar-refractivity contribution in [1.82, 2.24) is 4.98 Å². The average Bonchev–Trinajstić information content (AvgIpc) is 3.09. The van der Waals surface area contributed by atoms with Crippen molar-refractivity contribution in [3.05, 3.63) is 65.1 Å². The minimum absolute atomic E-state index is 0.111. The van der Waals surface area contributed by atoms with Crippen LogP contribution in [-0.2, 0) is 11.2 Å². The molecule has 0 aliphatic carbocycles. The molecule has 3 rings (SSSR count). The Morgan fingerprint density at radius 3 is 2.93 bits per heavy atom. The molecule has 0 radical (unpaired) electrons. The van der Waals surface area contributed by atoms with E-state index in [2.05, 4.69) is 21.9 Å². The van der Waals surface area contributed by atoms with Gasteiger partial charge in [-0.2, -0.15) is 0 Å². The summed E-state index contributed by atoms with van der Waals surface area (Å²) in [4.78, 5) is 20.6. The summed E-state index contributed by atoms with van der Waals surface area (Å²) >= 11 is 6.39. The van der Waals surface area contributed by atoms with Crippen LogP contribution in [0.25, 0.3) is 11.1 Å². The monoisotopic (exact) mass is 382 g/mol. The number of carbonyl (C=O) groups excluding carboxylic acids is 1. The number of anilines is 1. The summed E-state index contributed by atoms with van der Waals surface area (Å²) in [6.07, 6.45) is 5.38. The van der Waals surface area contributed by atoms with Crippen LogP contribution in [0.4, 0.5) is 5.82 Å². The van der Waals surface area contributed by atoms with E-state index < -0.39 is 5.91 Å². The third-order valence-corrected chi connectivity index (χ3v) is 4.31. The van der Waals surface area contributed by atoms with E-state index in [4.69, 9.17) is 22.1 Å². The van der Waals surface area contributed by atoms with Crippen molar-refractivity contribution in [3.63, 3.8) is 0 Å². The highest BCUT2D eigenvalue weighted by atomic mass is 35.5. The Bertz CT molecular complexity index is 945. The number of hydrogen-bond acceptors (Lipinski definition) is 5. The Kier molecular flexibility index (Phi) is 5.57. The number of pyridine rings is 1. The quantitative estimate of drug-likeness (QED) is 0.609. The summed E-state index contributed by atoms with van der Waals surface area (Å²) in [6.45, 7) is 5.80. The van der Waals surface area contributed by atoms with Gasteiger partial charge >= 0.3 is 0 Å². The van der Waals surface area contributed by atoms with Crippen molar-refractivity contribution >= 4 is 29.5 Å². The lowest BCUT2D eigenvalue weighted by atomic mass is 10.0. The lowest BCUT2D eigenvalue weighted by molar-refractivity contribution is -0.112. The molecule has 1 amide bonds. The molecule has 0 fully saturated rings. The fourth-order valence-corrected chi connectivity index (χ4v) is 2.98. The highest BCUT2D eigenvalue weighted by Gasteiger charge is 2.17. The van der Waals surface area contributed by atoms with E-state index >= 15 is 0 Å². The van der Waals surface area contributed by atoms with Gasteiger partial charge in [-0.05, 0) is 36.8 Å². The van der Waals surface area contributed by atoms with Crippen molar-refractivity contribution in [3.8, 4) is 16.9 Å². The number of aliphatic imine (C=N–C) groups is 1. The van der Waals surface area contributed by atoms with Gasteiger partial charge in [-0.15, -0.1) is 0 Å². The van der Waals surface area contributed by atoms with Crippen molar-refractivity contribution < 1.29 is 9.53 Å². The van der Waals surface area contributed by atoms with E-state index in [1.54, 1.807) is 19.2 Å². The van der Waals surface area contributed by atoms with E-state index in [-0.39, 0.29) is 5.70 Å². The standard InChI is InChI=1S/C20H19ClN4O2/c1-3-7-23-19(12(2)22)20(26)25-18-5-4-14(11-24-18)15-10-17-13(6-8-27-17)9-16(15)21/h3-5,7,9-11H,1,6,8,22H2,2H3,(H,24,25,26)/b19-12-,23-7-. The smallest absolute Gasteiger partial charge is 0.277 e. The van der Waals surface area contributed by atoms with Crippen molar-refractivity contribution in [2.24, 2.45) is 10.7 Å². The van der Waals surface area contributed by atoms with Gasteiger partial charge in [0.2, 0.25) is 0 Å². The Labute approximate surface area is 162 Å². The molecular formula is C20H19ClN4O2. The van der Waals surface area contributed by atoms with Crippen LogP contribution >= 0.6 is 11.6 Å². The fraction of sp³-hybridized carbons (Fsp3) is 0.150. The number of hydrogen-bond donors (Lipinski definition) is 2. The summed E-state index contributed by atoms with van der Waals surface area (Å²) in [6, 6.07) is 7.37. The van der Waals surface area contributed by atoms with Crippen molar-refractivity contribution in [2.45, 2.75) is 13.3 Å². The zero-order valence-electron chi connectivity index (χ0n) is 14.8. The first-order valence-corrected chi connectivity index (χ1v) is 8.72. The van der Waals surface area contributed by atoms with Crippen LogP contribution in [0.1, 0.15) is 12.5 Å². The number of rotatable bonds is 5. The first-order chi connectivity index (χ1) is 13.0. The summed E-state index contributed by atoms with van der Waals surface area (Å²) in [5.74, 6) is 0.780. The van der Waals surface area contributed by atoms with Crippen molar-refractivity contribution in [1.29, 1.82) is 0 Å². The molecule has 3 N–H and O–H groups in total. The molecule has 1 aromatic heterocycles. The third kappa shape index (κ3) is 4.17. The van der Waals surface area contributed by atoms with Crippen LogP contribution in [0.5, 0.6) is 5.75 Å². The number of aromatic nitrogens is 1. The summed E-state index contributed by atoms with van der Waals surface area (Å²) < 4.78 is 5.60. The second-order valence-electron chi connectivity index (χ2n) is 5.97. The van der Waals surface area contributed by atoms with E-state index in [1.165, 1.54) is 12.3 Å². The third-order valence-electron chi connectivity index (χ3n) is 3.99. The van der Waals surface area contributed by atoms with Gasteiger partial charge in [-0.1, -0.05) is 24.3 Å². The van der Waals surface area contributed by atoms with Crippen LogP contribution in [0, 0.1) is 0 Å². The molecule has 2 aromatic rings. The Balaban J connectivity index is 1.80. The molecule has 1 aliphatic rings. The lowest BCUT2D eigenvalue weighted by Gasteiger charge is -2.09. The number of nitrogens with two attached hydrogens (primary N) is 1. The van der Waals surface area contributed by atoms with Crippen LogP contribution in [0.15, 0.2) is 59.5 Å². The molecule has 0 unspecified atom stereocenters. The number of fused-ring (bicyclic) bond motifs is 1. The molecule has 2 heterocycles. The minimum Gasteiger partial charge on any atom is -0.493 e. The number of benzene rings is 1. The zero-order valence-corrected chi connectivity index (χ0v) is 15.6. The first-order valence-electron chi connectivity index (χ1n) is 8.34. The molecule has 7 heteroatoms. The molecular weight excluding hydrogens is 364 g/mol. The minimum atomic E-state index is -0.447. The SMILES string of the molecule is C=C/C=N\C(C(=O)Nc1ccc(-c2cc3c(cc2Cl)CCO3)cn1)=C(\C)N. The highest BCUT2D eigenvalue weighted by Crippen LogP contribution is 2.36. The topological polar surface area (TPSA) is 89.6 Å². The summed E-state index contributed by atoms with van der Waals surface area (Å²) in [7, 11) is 0. The fourth-order valence-electron chi connectivity index (χ4n) is 2.69. The van der Waals surface area contributed by atoms with Crippen molar-refractivity contribution in [2.75, 3.05) is 11.9 Å².